The maximum atomic E-state index is 11.0. The molecule has 102 valence electrons. The van der Waals surface area contributed by atoms with E-state index < -0.39 is 11.0 Å². The van der Waals surface area contributed by atoms with E-state index in [1.165, 1.54) is 17.2 Å². The van der Waals surface area contributed by atoms with Gasteiger partial charge in [-0.2, -0.15) is 0 Å². The van der Waals surface area contributed by atoms with Crippen molar-refractivity contribution < 1.29 is 10.0 Å². The molecule has 2 atom stereocenters. The molecule has 1 aliphatic carbocycles. The van der Waals surface area contributed by atoms with Crippen LogP contribution in [0, 0.1) is 10.1 Å². The number of fused-ring (bicyclic) bond motifs is 1. The molecule has 20 heavy (non-hydrogen) atoms. The molecular formula is C16H15NO3. The van der Waals surface area contributed by atoms with Crippen LogP contribution in [-0.4, -0.2) is 16.1 Å². The molecule has 1 N–H and O–H groups in total. The van der Waals surface area contributed by atoms with Crippen molar-refractivity contribution in [1.29, 1.82) is 0 Å². The summed E-state index contributed by atoms with van der Waals surface area (Å²) >= 11 is 0. The first-order valence-corrected chi connectivity index (χ1v) is 6.65. The minimum Gasteiger partial charge on any atom is -0.392 e. The number of nitro groups is 1. The van der Waals surface area contributed by atoms with Crippen LogP contribution in [0.25, 0.3) is 0 Å². The summed E-state index contributed by atoms with van der Waals surface area (Å²) in [6, 6.07) is 14.6. The lowest BCUT2D eigenvalue weighted by Crippen LogP contribution is -2.30. The van der Waals surface area contributed by atoms with Crippen LogP contribution in [0.15, 0.2) is 48.5 Å². The van der Waals surface area contributed by atoms with Crippen LogP contribution in [0.4, 0.5) is 5.69 Å². The van der Waals surface area contributed by atoms with Gasteiger partial charge in [-0.25, -0.2) is 0 Å². The summed E-state index contributed by atoms with van der Waals surface area (Å²) in [5, 5.41) is 21.3. The van der Waals surface area contributed by atoms with Gasteiger partial charge in [-0.1, -0.05) is 42.5 Å². The molecular weight excluding hydrogens is 254 g/mol. The zero-order chi connectivity index (χ0) is 14.1. The van der Waals surface area contributed by atoms with Gasteiger partial charge in [0.25, 0.3) is 5.69 Å². The predicted octanol–water partition coefficient (Wildman–Crippen LogP) is 2.84. The summed E-state index contributed by atoms with van der Waals surface area (Å²) in [7, 11) is 0. The van der Waals surface area contributed by atoms with E-state index in [9.17, 15) is 15.2 Å². The average molecular weight is 269 g/mol. The topological polar surface area (TPSA) is 63.4 Å². The van der Waals surface area contributed by atoms with Crippen molar-refractivity contribution >= 4 is 5.69 Å². The third-order valence-electron chi connectivity index (χ3n) is 3.98. The molecule has 4 heteroatoms. The van der Waals surface area contributed by atoms with E-state index in [-0.39, 0.29) is 11.6 Å². The molecule has 3 rings (SSSR count). The number of nitro benzene ring substituents is 1. The van der Waals surface area contributed by atoms with Gasteiger partial charge in [0.15, 0.2) is 0 Å². The monoisotopic (exact) mass is 269 g/mol. The molecule has 0 saturated carbocycles. The fourth-order valence-electron chi connectivity index (χ4n) is 2.87. The van der Waals surface area contributed by atoms with Gasteiger partial charge < -0.3 is 5.11 Å². The van der Waals surface area contributed by atoms with Gasteiger partial charge in [-0.3, -0.25) is 10.1 Å². The third-order valence-corrected chi connectivity index (χ3v) is 3.98. The quantitative estimate of drug-likeness (QED) is 0.685. The Hall–Kier alpha value is -2.20. The molecule has 4 nitrogen and oxygen atoms in total. The first kappa shape index (κ1) is 12.8. The van der Waals surface area contributed by atoms with Gasteiger partial charge in [0.05, 0.1) is 11.0 Å². The highest BCUT2D eigenvalue weighted by Gasteiger charge is 2.32. The van der Waals surface area contributed by atoms with Gasteiger partial charge in [-0.15, -0.1) is 0 Å². The smallest absolute Gasteiger partial charge is 0.272 e. The van der Waals surface area contributed by atoms with Crippen molar-refractivity contribution in [2.75, 3.05) is 0 Å². The molecule has 0 heterocycles. The standard InChI is InChI=1S/C16H15NO3/c18-16(14-9-11-5-1-3-7-13(11)14)10-12-6-2-4-8-15(12)17(19)20/h1-8,14,16,18H,9-10H2. The highest BCUT2D eigenvalue weighted by atomic mass is 16.6. The number of nitrogens with zero attached hydrogens (tertiary/aromatic N) is 1. The molecule has 0 fully saturated rings. The molecule has 0 radical (unpaired) electrons. The Kier molecular flexibility index (Phi) is 3.24. The highest BCUT2D eigenvalue weighted by molar-refractivity contribution is 5.43. The SMILES string of the molecule is O=[N+]([O-])c1ccccc1CC(O)C1Cc2ccccc21. The lowest BCUT2D eigenvalue weighted by molar-refractivity contribution is -0.385. The minimum absolute atomic E-state index is 0.0826. The highest BCUT2D eigenvalue weighted by Crippen LogP contribution is 2.38. The lowest BCUT2D eigenvalue weighted by atomic mass is 9.73. The minimum atomic E-state index is -0.578. The predicted molar refractivity (Wildman–Crippen MR) is 75.7 cm³/mol. The Labute approximate surface area is 116 Å². The van der Waals surface area contributed by atoms with E-state index in [2.05, 4.69) is 6.07 Å². The number of hydrogen-bond acceptors (Lipinski definition) is 3. The molecule has 0 bridgehead atoms. The number of aliphatic hydroxyl groups excluding tert-OH is 1. The van der Waals surface area contributed by atoms with Crippen LogP contribution in [0.1, 0.15) is 22.6 Å². The lowest BCUT2D eigenvalue weighted by Gasteiger charge is -2.33. The van der Waals surface area contributed by atoms with Gasteiger partial charge >= 0.3 is 0 Å². The second-order valence-electron chi connectivity index (χ2n) is 5.17. The molecule has 0 spiro atoms. The second kappa shape index (κ2) is 5.06. The summed E-state index contributed by atoms with van der Waals surface area (Å²) < 4.78 is 0. The molecule has 0 aromatic heterocycles. The number of hydrogen-bond donors (Lipinski definition) is 1. The van der Waals surface area contributed by atoms with Crippen molar-refractivity contribution in [3.05, 3.63) is 75.3 Å². The van der Waals surface area contributed by atoms with Crippen LogP contribution < -0.4 is 0 Å². The molecule has 0 saturated heterocycles. The van der Waals surface area contributed by atoms with Crippen molar-refractivity contribution in [1.82, 2.24) is 0 Å². The Morgan fingerprint density at radius 2 is 1.90 bits per heavy atom. The van der Waals surface area contributed by atoms with Crippen LogP contribution in [-0.2, 0) is 12.8 Å². The van der Waals surface area contributed by atoms with Gasteiger partial charge in [-0.05, 0) is 17.5 Å². The molecule has 2 aromatic rings. The van der Waals surface area contributed by atoms with E-state index in [1.807, 2.05) is 18.2 Å². The van der Waals surface area contributed by atoms with Gasteiger partial charge in [0, 0.05) is 24.0 Å². The van der Waals surface area contributed by atoms with Crippen LogP contribution in [0.3, 0.4) is 0 Å². The summed E-state index contributed by atoms with van der Waals surface area (Å²) in [5.41, 5.74) is 3.10. The van der Waals surface area contributed by atoms with E-state index in [0.29, 0.717) is 12.0 Å². The van der Waals surface area contributed by atoms with E-state index in [0.717, 1.165) is 6.42 Å². The van der Waals surface area contributed by atoms with Crippen LogP contribution in [0.2, 0.25) is 0 Å². The van der Waals surface area contributed by atoms with Crippen molar-refractivity contribution in [2.24, 2.45) is 0 Å². The van der Waals surface area contributed by atoms with Crippen molar-refractivity contribution in [2.45, 2.75) is 24.9 Å². The van der Waals surface area contributed by atoms with Crippen molar-refractivity contribution in [3.63, 3.8) is 0 Å². The maximum Gasteiger partial charge on any atom is 0.272 e. The largest absolute Gasteiger partial charge is 0.392 e. The zero-order valence-corrected chi connectivity index (χ0v) is 10.9. The number of aliphatic hydroxyl groups is 1. The van der Waals surface area contributed by atoms with E-state index in [1.54, 1.807) is 18.2 Å². The molecule has 0 aliphatic heterocycles. The Morgan fingerprint density at radius 1 is 1.20 bits per heavy atom. The molecule has 1 aliphatic rings. The van der Waals surface area contributed by atoms with Crippen LogP contribution in [0.5, 0.6) is 0 Å². The molecule has 0 amide bonds. The third kappa shape index (κ3) is 2.18. The van der Waals surface area contributed by atoms with E-state index in [4.69, 9.17) is 0 Å². The number of benzene rings is 2. The van der Waals surface area contributed by atoms with E-state index >= 15 is 0 Å². The maximum absolute atomic E-state index is 11.0. The number of para-hydroxylation sites is 1. The molecule has 2 aromatic carbocycles. The normalized spacial score (nSPS) is 17.9. The van der Waals surface area contributed by atoms with Gasteiger partial charge in [0.2, 0.25) is 0 Å². The zero-order valence-electron chi connectivity index (χ0n) is 10.9. The second-order valence-corrected chi connectivity index (χ2v) is 5.17. The summed E-state index contributed by atoms with van der Waals surface area (Å²) in [6.07, 6.45) is 0.583. The summed E-state index contributed by atoms with van der Waals surface area (Å²) in [6.45, 7) is 0. The fraction of sp³-hybridized carbons (Fsp3) is 0.250. The first-order chi connectivity index (χ1) is 9.66. The first-order valence-electron chi connectivity index (χ1n) is 6.65. The van der Waals surface area contributed by atoms with Crippen molar-refractivity contribution in [3.8, 4) is 0 Å². The fourth-order valence-corrected chi connectivity index (χ4v) is 2.87. The molecule has 2 unspecified atom stereocenters. The number of rotatable bonds is 4. The van der Waals surface area contributed by atoms with Gasteiger partial charge in [0.1, 0.15) is 0 Å². The summed E-state index contributed by atoms with van der Waals surface area (Å²) in [4.78, 5) is 10.6. The average Bonchev–Trinajstić information content (AvgIpc) is 2.40. The summed E-state index contributed by atoms with van der Waals surface area (Å²) in [5.74, 6) is 0.0889. The Balaban J connectivity index is 1.78. The Morgan fingerprint density at radius 3 is 2.65 bits per heavy atom. The van der Waals surface area contributed by atoms with Crippen LogP contribution >= 0.6 is 0 Å². The Bertz CT molecular complexity index is 654.